The molecule has 10 atom stereocenters. The second kappa shape index (κ2) is 33.0. The van der Waals surface area contributed by atoms with Crippen LogP contribution in [0.3, 0.4) is 0 Å². The number of pyridine rings is 2. The Hall–Kier alpha value is -8.66. The molecule has 12 rings (SSSR count). The molecular weight excluding hydrogens is 1340 g/mol. The van der Waals surface area contributed by atoms with E-state index in [1.54, 1.807) is 6.07 Å². The Bertz CT molecular complexity index is 3860. The molecule has 5 N–H and O–H groups in total. The minimum atomic E-state index is -1.25. The van der Waals surface area contributed by atoms with Crippen molar-refractivity contribution >= 4 is 105 Å². The quantitative estimate of drug-likeness (QED) is 0.0339. The summed E-state index contributed by atoms with van der Waals surface area (Å²) in [5.74, 6) is -4.77. The van der Waals surface area contributed by atoms with Crippen LogP contribution in [0.4, 0.5) is 9.59 Å². The summed E-state index contributed by atoms with van der Waals surface area (Å²) in [6, 6.07) is 9.94. The zero-order chi connectivity index (χ0) is 71.5. The smallest absolute Gasteiger partial charge is 0.408 e. The van der Waals surface area contributed by atoms with E-state index in [1.807, 2.05) is 67.1 Å². The van der Waals surface area contributed by atoms with Crippen molar-refractivity contribution in [2.24, 2.45) is 11.8 Å². The van der Waals surface area contributed by atoms with E-state index in [-0.39, 0.29) is 67.1 Å². The van der Waals surface area contributed by atoms with Crippen LogP contribution in [0, 0.1) is 11.8 Å². The minimum Gasteiger partial charge on any atom is -0.488 e. The van der Waals surface area contributed by atoms with Gasteiger partial charge in [-0.2, -0.15) is 0 Å². The lowest BCUT2D eigenvalue weighted by Crippen LogP contribution is -2.56. The van der Waals surface area contributed by atoms with Gasteiger partial charge in [-0.05, 0) is 140 Å². The first-order valence-electron chi connectivity index (χ1n) is 35.1. The topological polar surface area (TPSA) is 336 Å². The molecule has 4 aliphatic heterocycles. The van der Waals surface area contributed by atoms with E-state index >= 15 is 0 Å². The molecule has 0 spiro atoms. The molecule has 2 aromatic heterocycles. The Morgan fingerprint density at radius 2 is 0.960 bits per heavy atom. The third-order valence-corrected chi connectivity index (χ3v) is 22.0. The highest BCUT2D eigenvalue weighted by molar-refractivity contribution is 7.99. The Kier molecular flexibility index (Phi) is 24.0. The molecule has 2 unspecified atom stereocenters. The van der Waals surface area contributed by atoms with Gasteiger partial charge in [0.1, 0.15) is 71.2 Å². The molecule has 6 fully saturated rings. The van der Waals surface area contributed by atoms with E-state index in [0.717, 1.165) is 99.7 Å². The molecule has 6 heterocycles. The van der Waals surface area contributed by atoms with E-state index in [4.69, 9.17) is 33.2 Å². The van der Waals surface area contributed by atoms with Gasteiger partial charge in [0.25, 0.3) is 0 Å². The molecule has 28 heteroatoms. The van der Waals surface area contributed by atoms with Gasteiger partial charge in [-0.15, -0.1) is 23.5 Å². The normalized spacial score (nSPS) is 27.8. The third kappa shape index (κ3) is 17.0. The number of fused-ring (bicyclic) bond motifs is 6. The number of thioether (sulfide) groups is 2. The number of carbonyl (C=O) groups excluding carboxylic acids is 9. The number of methoxy groups -OCH3 is 3. The number of alkyl carbamates (subject to hydrolysis) is 2. The van der Waals surface area contributed by atoms with Gasteiger partial charge in [0.2, 0.25) is 23.6 Å². The third-order valence-electron chi connectivity index (χ3n) is 20.5. The fourth-order valence-electron chi connectivity index (χ4n) is 14.9. The number of hydrogen-bond donors (Lipinski definition) is 5. The summed E-state index contributed by atoms with van der Waals surface area (Å²) in [4.78, 5) is 147. The number of nitrogens with one attached hydrogen (secondary N) is 4. The standard InChI is InChI=1S/C37H46N4O9S.C36H44N4O9S/c1-47-34(44)27-19-29(25-15-11-17-30(51-3)31(25)38-27)49-24-18-28-32(42)40-37(35(45)48-2)20-22(37)12-7-5-4-6-8-16-26(33(43)41(28)21-24)39-36(46)50-23-13-9-10-14-23;1-47-34(45)36-19-21(36)11-6-4-3-5-7-15-25(38-35(46)49-22-12-8-9-13-22)32(42)40-20-23(17-27(40)31(41)39-36)48-28-18-26(33(43)44)37-30-24(28)14-10-16-29(30)50-2/h7,11-12,15,17,19,22-24,26,28H,4-6,8-10,13-14,16,18,20-21H2,1-3H3,(H,39,46)(H,40,42);6,10-11,14,16,18,21-23,25,27H,3-5,7-9,12-13,15,17,19-20H2,1-2H3,(H,38,46)(H,39,41)(H,43,44)/b12-7-;11-6-/t22?,24-,26+,28+,37-;21?,23-,25+,27+,36-/m11/s1. The first-order valence-corrected chi connectivity index (χ1v) is 37.6. The second-order valence-electron chi connectivity index (χ2n) is 27.2. The average Bonchev–Trinajstić information content (AvgIpc) is 1.59. The number of carboxylic acids is 1. The number of amides is 6. The maximum Gasteiger partial charge on any atom is 0.408 e. The van der Waals surface area contributed by atoms with E-state index in [9.17, 15) is 53.1 Å². The molecule has 2 aromatic carbocycles. The number of ether oxygens (including phenoxy) is 7. The molecule has 4 saturated carbocycles. The Morgan fingerprint density at radius 3 is 1.37 bits per heavy atom. The van der Waals surface area contributed by atoms with Crippen LogP contribution in [-0.4, -0.2) is 191 Å². The van der Waals surface area contributed by atoms with Gasteiger partial charge in [-0.3, -0.25) is 19.2 Å². The largest absolute Gasteiger partial charge is 0.488 e. The van der Waals surface area contributed by atoms with Crippen molar-refractivity contribution in [2.75, 3.05) is 46.9 Å². The van der Waals surface area contributed by atoms with E-state index in [1.165, 1.54) is 66.8 Å². The number of esters is 3. The lowest BCUT2D eigenvalue weighted by atomic mass is 10.0. The van der Waals surface area contributed by atoms with E-state index in [0.29, 0.717) is 66.1 Å². The second-order valence-corrected chi connectivity index (χ2v) is 28.9. The van der Waals surface area contributed by atoms with Crippen molar-refractivity contribution in [3.05, 3.63) is 84.2 Å². The minimum absolute atomic E-state index is 0.0148. The molecule has 0 radical (unpaired) electrons. The van der Waals surface area contributed by atoms with Crippen LogP contribution < -0.4 is 30.7 Å². The highest BCUT2D eigenvalue weighted by atomic mass is 32.2. The molecule has 4 aromatic rings. The number of benzene rings is 2. The van der Waals surface area contributed by atoms with Crippen molar-refractivity contribution in [1.82, 2.24) is 41.0 Å². The van der Waals surface area contributed by atoms with Crippen molar-refractivity contribution in [3.8, 4) is 11.5 Å². The van der Waals surface area contributed by atoms with Gasteiger partial charge in [-0.25, -0.2) is 38.7 Å². The first-order chi connectivity index (χ1) is 48.8. The van der Waals surface area contributed by atoms with Crippen LogP contribution in [-0.2, 0) is 52.5 Å². The van der Waals surface area contributed by atoms with E-state index < -0.39 is 107 Å². The molecular formula is C73H90N8O18S2. The number of nitrogens with zero attached hydrogens (tertiary/aromatic N) is 4. The summed E-state index contributed by atoms with van der Waals surface area (Å²) >= 11 is 2.89. The lowest BCUT2D eigenvalue weighted by Gasteiger charge is -2.29. The number of allylic oxidation sites excluding steroid dienone is 2. The van der Waals surface area contributed by atoms with Crippen molar-refractivity contribution in [2.45, 2.75) is 211 Å². The number of aromatic carboxylic acids is 1. The zero-order valence-electron chi connectivity index (χ0n) is 57.7. The summed E-state index contributed by atoms with van der Waals surface area (Å²) < 4.78 is 39.5. The Morgan fingerprint density at radius 1 is 0.545 bits per heavy atom. The predicted molar refractivity (Wildman–Crippen MR) is 372 cm³/mol. The summed E-state index contributed by atoms with van der Waals surface area (Å²) in [6.07, 6.45) is 23.5. The SMILES string of the molecule is COC(=O)[C@@]12CC1/C=C\CCCCC[C@H](NC(=O)OC1CCCC1)C(=O)N1C[C@H](Oc3cc(C(=O)O)nc4c(SC)cccc34)C[C@H]1C(=O)N2.COC(=O)c1cc(O[C@@H]2C[C@H]3C(=O)N[C@]4(C(=O)OC)CC4/C=C\CCCCC[C@H](NC(=O)OC4CCCC4)C(=O)N3C2)c2cccc(SC)c2n1. The fraction of sp³-hybridized carbons (Fsp3) is 0.562. The van der Waals surface area contributed by atoms with Gasteiger partial charge in [0.15, 0.2) is 11.4 Å². The fourth-order valence-corrected chi connectivity index (χ4v) is 16.0. The number of carboxylic acid groups (broad SMARTS) is 1. The lowest BCUT2D eigenvalue weighted by molar-refractivity contribution is -0.148. The molecule has 26 nitrogen and oxygen atoms in total. The highest BCUT2D eigenvalue weighted by Crippen LogP contribution is 2.48. The van der Waals surface area contributed by atoms with Gasteiger partial charge < -0.3 is 69.3 Å². The summed E-state index contributed by atoms with van der Waals surface area (Å²) in [5, 5.41) is 22.6. The molecule has 0 bridgehead atoms. The summed E-state index contributed by atoms with van der Waals surface area (Å²) in [6.45, 7) is -0.00329. The van der Waals surface area contributed by atoms with Crippen molar-refractivity contribution in [1.29, 1.82) is 0 Å². The van der Waals surface area contributed by atoms with Crippen LogP contribution >= 0.6 is 23.5 Å². The molecule has 8 aliphatic rings. The van der Waals surface area contributed by atoms with Crippen LogP contribution in [0.2, 0.25) is 0 Å². The van der Waals surface area contributed by atoms with Crippen LogP contribution in [0.5, 0.6) is 11.5 Å². The van der Waals surface area contributed by atoms with Crippen LogP contribution in [0.15, 0.2) is 82.6 Å². The van der Waals surface area contributed by atoms with Gasteiger partial charge in [-0.1, -0.05) is 62.1 Å². The number of rotatable bonds is 14. The van der Waals surface area contributed by atoms with Crippen molar-refractivity contribution in [3.63, 3.8) is 0 Å². The molecule has 101 heavy (non-hydrogen) atoms. The molecule has 4 aliphatic carbocycles. The molecule has 2 saturated heterocycles. The maximum atomic E-state index is 14.5. The van der Waals surface area contributed by atoms with E-state index in [2.05, 4.69) is 31.2 Å². The molecule has 6 amide bonds. The maximum absolute atomic E-state index is 14.5. The monoisotopic (exact) mass is 1430 g/mol. The number of carbonyl (C=O) groups is 10. The van der Waals surface area contributed by atoms with Crippen LogP contribution in [0.1, 0.15) is 162 Å². The van der Waals surface area contributed by atoms with Gasteiger partial charge in [0.05, 0.1) is 45.5 Å². The highest BCUT2D eigenvalue weighted by Gasteiger charge is 2.63. The zero-order valence-corrected chi connectivity index (χ0v) is 59.3. The Balaban J connectivity index is 0.000000203. The average molecular weight is 1430 g/mol. The summed E-state index contributed by atoms with van der Waals surface area (Å²) in [5.41, 5.74) is -1.60. The van der Waals surface area contributed by atoms with Crippen molar-refractivity contribution < 1.29 is 86.2 Å². The van der Waals surface area contributed by atoms with Crippen LogP contribution in [0.25, 0.3) is 21.8 Å². The summed E-state index contributed by atoms with van der Waals surface area (Å²) in [7, 11) is 3.84. The van der Waals surface area contributed by atoms with Gasteiger partial charge >= 0.3 is 36.1 Å². The Labute approximate surface area is 594 Å². The number of hydrogen-bond acceptors (Lipinski definition) is 21. The first kappa shape index (κ1) is 73.6. The molecule has 542 valence electrons. The number of aromatic nitrogens is 2. The van der Waals surface area contributed by atoms with Gasteiger partial charge in [0, 0.05) is 57.4 Å². The number of para-hydroxylation sites is 2. The predicted octanol–water partition coefficient (Wildman–Crippen LogP) is 9.31.